The Kier molecular flexibility index (Phi) is 6.56. The topological polar surface area (TPSA) is 87.2 Å². The van der Waals surface area contributed by atoms with Gasteiger partial charge in [0, 0.05) is 5.69 Å². The molecule has 0 fully saturated rings. The molecule has 0 saturated heterocycles. The van der Waals surface area contributed by atoms with E-state index in [1.165, 1.54) is 29.5 Å². The van der Waals surface area contributed by atoms with Gasteiger partial charge in [-0.2, -0.15) is 13.2 Å². The highest BCUT2D eigenvalue weighted by Crippen LogP contribution is 2.38. The Morgan fingerprint density at radius 1 is 1.21 bits per heavy atom. The molecule has 1 aliphatic heterocycles. The number of hydrogen-bond donors (Lipinski definition) is 2. The molecule has 0 radical (unpaired) electrons. The van der Waals surface area contributed by atoms with Crippen LogP contribution in [-0.2, 0) is 9.59 Å². The summed E-state index contributed by atoms with van der Waals surface area (Å²) in [6.07, 6.45) is -5.65. The number of thioether (sulfide) groups is 1. The van der Waals surface area contributed by atoms with E-state index in [0.717, 1.165) is 23.0 Å². The number of carbonyl (C=O) groups is 2. The highest BCUT2D eigenvalue weighted by Gasteiger charge is 2.48. The zero-order chi connectivity index (χ0) is 23.6. The van der Waals surface area contributed by atoms with Crippen LogP contribution in [0, 0.1) is 6.92 Å². The molecule has 4 rings (SSSR count). The number of aryl methyl sites for hydroxylation is 1. The average Bonchev–Trinajstić information content (AvgIpc) is 3.14. The van der Waals surface area contributed by atoms with Gasteiger partial charge in [-0.05, 0) is 31.2 Å². The van der Waals surface area contributed by atoms with Crippen molar-refractivity contribution in [2.45, 2.75) is 29.9 Å². The summed E-state index contributed by atoms with van der Waals surface area (Å²) in [4.78, 5) is 25.7. The van der Waals surface area contributed by atoms with Gasteiger partial charge in [0.25, 0.3) is 0 Å². The van der Waals surface area contributed by atoms with Crippen LogP contribution in [0.5, 0.6) is 0 Å². The molecule has 2 N–H and O–H groups in total. The summed E-state index contributed by atoms with van der Waals surface area (Å²) in [6, 6.07) is 11.3. The van der Waals surface area contributed by atoms with Crippen LogP contribution in [0.2, 0.25) is 0 Å². The van der Waals surface area contributed by atoms with Crippen molar-refractivity contribution in [3.63, 3.8) is 0 Å². The number of nitrogens with zero attached hydrogens (tertiary/aromatic N) is 3. The molecule has 3 aromatic rings. The van der Waals surface area contributed by atoms with Gasteiger partial charge in [0.05, 0.1) is 23.5 Å². The fourth-order valence-corrected chi connectivity index (χ4v) is 4.90. The minimum Gasteiger partial charge on any atom is -0.330 e. The normalized spacial score (nSPS) is 16.1. The van der Waals surface area contributed by atoms with Gasteiger partial charge in [0.15, 0.2) is 4.34 Å². The third-order valence-corrected chi connectivity index (χ3v) is 6.76. The lowest BCUT2D eigenvalue weighted by Gasteiger charge is -2.31. The minimum atomic E-state index is -4.77. The van der Waals surface area contributed by atoms with Crippen LogP contribution in [-0.4, -0.2) is 40.0 Å². The van der Waals surface area contributed by atoms with Crippen molar-refractivity contribution < 1.29 is 22.8 Å². The molecule has 0 bridgehead atoms. The molecular weight excluding hydrogens is 475 g/mol. The van der Waals surface area contributed by atoms with Crippen LogP contribution in [0.15, 0.2) is 52.9 Å². The van der Waals surface area contributed by atoms with E-state index in [-0.39, 0.29) is 17.1 Å². The Morgan fingerprint density at radius 3 is 2.67 bits per heavy atom. The number of carbonyl (C=O) groups excluding carboxylic acids is 2. The van der Waals surface area contributed by atoms with Gasteiger partial charge in [-0.3, -0.25) is 14.5 Å². The van der Waals surface area contributed by atoms with Gasteiger partial charge in [0.2, 0.25) is 16.9 Å². The first-order chi connectivity index (χ1) is 15.7. The van der Waals surface area contributed by atoms with E-state index in [4.69, 9.17) is 0 Å². The number of benzene rings is 2. The number of rotatable bonds is 5. The third kappa shape index (κ3) is 5.45. The smallest absolute Gasteiger partial charge is 0.330 e. The maximum Gasteiger partial charge on any atom is 0.409 e. The van der Waals surface area contributed by atoms with E-state index in [9.17, 15) is 22.8 Å². The number of aromatic nitrogens is 2. The summed E-state index contributed by atoms with van der Waals surface area (Å²) in [5.74, 6) is -1.88. The first kappa shape index (κ1) is 23.1. The summed E-state index contributed by atoms with van der Waals surface area (Å²) < 4.78 is 41.8. The molecule has 1 unspecified atom stereocenters. The van der Waals surface area contributed by atoms with Crippen molar-refractivity contribution in [3.05, 3.63) is 54.1 Å². The first-order valence-electron chi connectivity index (χ1n) is 9.78. The maximum absolute atomic E-state index is 13.8. The molecular formula is C21H18F3N5O2S2. The summed E-state index contributed by atoms with van der Waals surface area (Å²) >= 11 is 2.18. The van der Waals surface area contributed by atoms with Crippen molar-refractivity contribution in [1.82, 2.24) is 10.2 Å². The summed E-state index contributed by atoms with van der Waals surface area (Å²) in [5, 5.41) is 14.1. The zero-order valence-corrected chi connectivity index (χ0v) is 18.9. The predicted molar refractivity (Wildman–Crippen MR) is 122 cm³/mol. The van der Waals surface area contributed by atoms with Gasteiger partial charge in [-0.25, -0.2) is 0 Å². The van der Waals surface area contributed by atoms with E-state index in [1.54, 1.807) is 6.07 Å². The van der Waals surface area contributed by atoms with Crippen LogP contribution in [0.4, 0.5) is 35.4 Å². The highest BCUT2D eigenvalue weighted by atomic mass is 32.2. The Morgan fingerprint density at radius 2 is 1.94 bits per heavy atom. The summed E-state index contributed by atoms with van der Waals surface area (Å²) in [5.41, 5.74) is 2.09. The van der Waals surface area contributed by atoms with E-state index in [1.807, 2.05) is 31.2 Å². The molecule has 0 aliphatic carbocycles. The molecule has 33 heavy (non-hydrogen) atoms. The number of para-hydroxylation sites is 2. The molecule has 1 aromatic heterocycles. The molecule has 2 heterocycles. The quantitative estimate of drug-likeness (QED) is 0.487. The number of halogens is 3. The summed E-state index contributed by atoms with van der Waals surface area (Å²) in [7, 11) is 0. The fraction of sp³-hybridized carbons (Fsp3) is 0.238. The van der Waals surface area contributed by atoms with E-state index in [0.29, 0.717) is 14.4 Å². The Bertz CT molecular complexity index is 1170. The second-order valence-electron chi connectivity index (χ2n) is 7.24. The minimum absolute atomic E-state index is 0.00951. The molecule has 2 aromatic carbocycles. The second kappa shape index (κ2) is 9.40. The SMILES string of the molecule is Cc1ccc(Nc2nnc(SCC(=O)N3c4ccccc4NC(=O)CC3C(F)(F)F)s2)cc1. The van der Waals surface area contributed by atoms with E-state index >= 15 is 0 Å². The van der Waals surface area contributed by atoms with E-state index in [2.05, 4.69) is 20.8 Å². The third-order valence-electron chi connectivity index (χ3n) is 4.80. The predicted octanol–water partition coefficient (Wildman–Crippen LogP) is 4.99. The number of anilines is 4. The van der Waals surface area contributed by atoms with Crippen molar-refractivity contribution in [1.29, 1.82) is 0 Å². The lowest BCUT2D eigenvalue weighted by Crippen LogP contribution is -2.50. The molecule has 12 heteroatoms. The number of alkyl halides is 3. The van der Waals surface area contributed by atoms with Crippen molar-refractivity contribution in [2.75, 3.05) is 21.3 Å². The molecule has 7 nitrogen and oxygen atoms in total. The van der Waals surface area contributed by atoms with Crippen LogP contribution < -0.4 is 15.5 Å². The van der Waals surface area contributed by atoms with Gasteiger partial charge >= 0.3 is 6.18 Å². The number of nitrogens with one attached hydrogen (secondary N) is 2. The largest absolute Gasteiger partial charge is 0.409 e. The fourth-order valence-electron chi connectivity index (χ4n) is 3.27. The standard InChI is InChI=1S/C21H18F3N5O2S2/c1-12-6-8-13(9-7-12)25-19-27-28-20(33-19)32-11-18(31)29-15-5-3-2-4-14(15)26-17(30)10-16(29)21(22,23)24/h2-9,16H,10-11H2,1H3,(H,25,27)(H,26,30). The Labute approximate surface area is 195 Å². The maximum atomic E-state index is 13.8. The van der Waals surface area contributed by atoms with Crippen LogP contribution >= 0.6 is 23.1 Å². The highest BCUT2D eigenvalue weighted by molar-refractivity contribution is 8.01. The van der Waals surface area contributed by atoms with Crippen molar-refractivity contribution in [3.8, 4) is 0 Å². The van der Waals surface area contributed by atoms with Crippen molar-refractivity contribution in [2.24, 2.45) is 0 Å². The number of fused-ring (bicyclic) bond motifs is 1. The molecule has 172 valence electrons. The molecule has 2 amide bonds. The van der Waals surface area contributed by atoms with Gasteiger partial charge in [-0.15, -0.1) is 10.2 Å². The van der Waals surface area contributed by atoms with Crippen LogP contribution in [0.3, 0.4) is 0 Å². The molecule has 1 atom stereocenters. The van der Waals surface area contributed by atoms with E-state index < -0.39 is 30.5 Å². The number of hydrogen-bond acceptors (Lipinski definition) is 7. The number of amides is 2. The molecule has 1 aliphatic rings. The molecule has 0 saturated carbocycles. The van der Waals surface area contributed by atoms with Crippen molar-refractivity contribution >= 4 is 57.1 Å². The van der Waals surface area contributed by atoms with Crippen LogP contribution in [0.1, 0.15) is 12.0 Å². The summed E-state index contributed by atoms with van der Waals surface area (Å²) in [6.45, 7) is 1.97. The zero-order valence-electron chi connectivity index (χ0n) is 17.2. The second-order valence-corrected chi connectivity index (χ2v) is 9.44. The van der Waals surface area contributed by atoms with Gasteiger partial charge in [0.1, 0.15) is 6.04 Å². The molecule has 0 spiro atoms. The Balaban J connectivity index is 1.50. The first-order valence-corrected chi connectivity index (χ1v) is 11.6. The Hall–Kier alpha value is -3.12. The lowest BCUT2D eigenvalue weighted by atomic mass is 10.1. The van der Waals surface area contributed by atoms with Gasteiger partial charge < -0.3 is 10.6 Å². The van der Waals surface area contributed by atoms with Crippen LogP contribution in [0.25, 0.3) is 0 Å². The monoisotopic (exact) mass is 493 g/mol. The average molecular weight is 494 g/mol. The lowest BCUT2D eigenvalue weighted by molar-refractivity contribution is -0.157. The van der Waals surface area contributed by atoms with Gasteiger partial charge in [-0.1, -0.05) is 52.9 Å².